The van der Waals surface area contributed by atoms with Crippen molar-refractivity contribution in [1.82, 2.24) is 4.98 Å². The Kier molecular flexibility index (Phi) is 5.21. The highest BCUT2D eigenvalue weighted by Crippen LogP contribution is 2.31. The van der Waals surface area contributed by atoms with E-state index in [0.717, 1.165) is 0 Å². The van der Waals surface area contributed by atoms with Crippen LogP contribution in [0.2, 0.25) is 0 Å². The molecule has 0 aliphatic heterocycles. The molecule has 0 atom stereocenters. The summed E-state index contributed by atoms with van der Waals surface area (Å²) in [5.74, 6) is 0.523. The van der Waals surface area contributed by atoms with E-state index in [0.29, 0.717) is 17.0 Å². The van der Waals surface area contributed by atoms with Gasteiger partial charge in [-0.15, -0.1) is 0 Å². The Morgan fingerprint density at radius 3 is 2.40 bits per heavy atom. The van der Waals surface area contributed by atoms with Gasteiger partial charge in [0.15, 0.2) is 11.5 Å². The van der Waals surface area contributed by atoms with Gasteiger partial charge in [-0.1, -0.05) is 30.3 Å². The number of hydrogen-bond donors (Lipinski definition) is 1. The third-order valence-electron chi connectivity index (χ3n) is 4.17. The molecule has 0 bridgehead atoms. The maximum Gasteiger partial charge on any atom is 0.295 e. The highest BCUT2D eigenvalue weighted by Gasteiger charge is 2.18. The molecule has 0 aliphatic rings. The lowest BCUT2D eigenvalue weighted by atomic mass is 10.1. The highest BCUT2D eigenvalue weighted by molar-refractivity contribution is 6.02. The number of hydrogen-bond acceptors (Lipinski definition) is 6. The van der Waals surface area contributed by atoms with E-state index in [9.17, 15) is 14.9 Å². The zero-order valence-electron chi connectivity index (χ0n) is 15.5. The molecule has 0 saturated heterocycles. The van der Waals surface area contributed by atoms with E-state index in [2.05, 4.69) is 10.3 Å². The minimum absolute atomic E-state index is 0.107. The molecule has 0 radical (unpaired) electrons. The number of benzene rings is 2. The molecule has 0 saturated carbocycles. The number of furan rings is 1. The molecule has 4 rings (SSSR count). The summed E-state index contributed by atoms with van der Waals surface area (Å²) in [5, 5.41) is 14.1. The molecular formula is C22H15N3O5. The number of aromatic nitrogens is 1. The Balaban J connectivity index is 1.53. The lowest BCUT2D eigenvalue weighted by molar-refractivity contribution is -0.384. The lowest BCUT2D eigenvalue weighted by Gasteiger charge is -2.09. The summed E-state index contributed by atoms with van der Waals surface area (Å²) in [6.45, 7) is 0. The molecule has 8 heteroatoms. The maximum absolute atomic E-state index is 12.0. The molecule has 1 N–H and O–H groups in total. The second-order valence-corrected chi connectivity index (χ2v) is 6.20. The highest BCUT2D eigenvalue weighted by atomic mass is 16.6. The molecule has 4 aromatic rings. The Hall–Kier alpha value is -4.46. The molecule has 1 amide bonds. The summed E-state index contributed by atoms with van der Waals surface area (Å²) in [6, 6.07) is 21.5. The van der Waals surface area contributed by atoms with Crippen LogP contribution >= 0.6 is 0 Å². The maximum atomic E-state index is 12.0. The molecule has 30 heavy (non-hydrogen) atoms. The normalized spacial score (nSPS) is 10.4. The predicted molar refractivity (Wildman–Crippen MR) is 110 cm³/mol. The van der Waals surface area contributed by atoms with Crippen LogP contribution in [-0.4, -0.2) is 15.8 Å². The number of nitro groups is 1. The fourth-order valence-corrected chi connectivity index (χ4v) is 2.77. The number of nitrogens with one attached hydrogen (secondary N) is 1. The van der Waals surface area contributed by atoms with Crippen LogP contribution in [-0.2, 0) is 0 Å². The number of pyridine rings is 1. The summed E-state index contributed by atoms with van der Waals surface area (Å²) in [6.07, 6.45) is 1.42. The number of carbonyl (C=O) groups is 1. The van der Waals surface area contributed by atoms with Gasteiger partial charge in [0, 0.05) is 23.4 Å². The average Bonchev–Trinajstić information content (AvgIpc) is 3.31. The smallest absolute Gasteiger partial charge is 0.295 e. The Morgan fingerprint density at radius 2 is 1.73 bits per heavy atom. The standard InChI is InChI=1S/C22H15N3O5/c26-22(19-7-4-14-29-19)23-16-8-10-17(11-9-16)30-20-13-12-18(25(27)28)21(24-20)15-5-2-1-3-6-15/h1-14H,(H,23,26). The van der Waals surface area contributed by atoms with Gasteiger partial charge >= 0.3 is 0 Å². The van der Waals surface area contributed by atoms with Gasteiger partial charge in [0.2, 0.25) is 5.88 Å². The van der Waals surface area contributed by atoms with Crippen molar-refractivity contribution in [3.8, 4) is 22.9 Å². The first-order valence-electron chi connectivity index (χ1n) is 8.94. The Labute approximate surface area is 170 Å². The van der Waals surface area contributed by atoms with Crippen LogP contribution in [0.1, 0.15) is 10.6 Å². The van der Waals surface area contributed by atoms with E-state index in [1.807, 2.05) is 6.07 Å². The zero-order valence-corrected chi connectivity index (χ0v) is 15.5. The van der Waals surface area contributed by atoms with Crippen LogP contribution in [0.15, 0.2) is 89.5 Å². The van der Waals surface area contributed by atoms with Crippen LogP contribution in [0.25, 0.3) is 11.3 Å². The molecule has 0 aliphatic carbocycles. The second kappa shape index (κ2) is 8.27. The molecule has 2 aromatic heterocycles. The number of rotatable bonds is 6. The first-order valence-corrected chi connectivity index (χ1v) is 8.94. The SMILES string of the molecule is O=C(Nc1ccc(Oc2ccc([N+](=O)[O-])c(-c3ccccc3)n2)cc1)c1ccco1. The first kappa shape index (κ1) is 18.9. The fraction of sp³-hybridized carbons (Fsp3) is 0. The van der Waals surface area contributed by atoms with Crippen molar-refractivity contribution in [2.75, 3.05) is 5.32 Å². The average molecular weight is 401 g/mol. The Morgan fingerprint density at radius 1 is 0.967 bits per heavy atom. The van der Waals surface area contributed by atoms with Gasteiger partial charge in [0.1, 0.15) is 5.75 Å². The number of anilines is 1. The number of carbonyl (C=O) groups excluding carboxylic acids is 1. The molecule has 2 heterocycles. The summed E-state index contributed by atoms with van der Waals surface area (Å²) < 4.78 is 10.8. The van der Waals surface area contributed by atoms with E-state index in [1.54, 1.807) is 60.7 Å². The molecule has 0 fully saturated rings. The van der Waals surface area contributed by atoms with Gasteiger partial charge < -0.3 is 14.5 Å². The van der Waals surface area contributed by atoms with Crippen molar-refractivity contribution in [2.45, 2.75) is 0 Å². The molecule has 0 spiro atoms. The first-order chi connectivity index (χ1) is 14.6. The fourth-order valence-electron chi connectivity index (χ4n) is 2.77. The van der Waals surface area contributed by atoms with Crippen molar-refractivity contribution in [1.29, 1.82) is 0 Å². The number of amides is 1. The van der Waals surface area contributed by atoms with Crippen LogP contribution in [0.5, 0.6) is 11.6 Å². The van der Waals surface area contributed by atoms with Crippen molar-refractivity contribution in [3.05, 3.63) is 101 Å². The third-order valence-corrected chi connectivity index (χ3v) is 4.17. The van der Waals surface area contributed by atoms with E-state index < -0.39 is 4.92 Å². The van der Waals surface area contributed by atoms with Crippen LogP contribution in [0.4, 0.5) is 11.4 Å². The quantitative estimate of drug-likeness (QED) is 0.347. The topological polar surface area (TPSA) is 108 Å². The number of nitrogens with zero attached hydrogens (tertiary/aromatic N) is 2. The van der Waals surface area contributed by atoms with Gasteiger partial charge in [-0.05, 0) is 36.4 Å². The van der Waals surface area contributed by atoms with Crippen LogP contribution < -0.4 is 10.1 Å². The molecule has 8 nitrogen and oxygen atoms in total. The van der Waals surface area contributed by atoms with Gasteiger partial charge in [-0.2, -0.15) is 0 Å². The van der Waals surface area contributed by atoms with Crippen LogP contribution in [0, 0.1) is 10.1 Å². The van der Waals surface area contributed by atoms with Crippen LogP contribution in [0.3, 0.4) is 0 Å². The minimum atomic E-state index is -0.477. The van der Waals surface area contributed by atoms with Crippen molar-refractivity contribution in [2.24, 2.45) is 0 Å². The summed E-state index contributed by atoms with van der Waals surface area (Å²) in [4.78, 5) is 27.2. The third kappa shape index (κ3) is 4.17. The van der Waals surface area contributed by atoms with Crippen molar-refractivity contribution < 1.29 is 18.9 Å². The zero-order chi connectivity index (χ0) is 20.9. The summed E-state index contributed by atoms with van der Waals surface area (Å²) in [7, 11) is 0. The van der Waals surface area contributed by atoms with Gasteiger partial charge in [-0.3, -0.25) is 14.9 Å². The van der Waals surface area contributed by atoms with Crippen molar-refractivity contribution >= 4 is 17.3 Å². The van der Waals surface area contributed by atoms with Gasteiger partial charge in [-0.25, -0.2) is 4.98 Å². The summed E-state index contributed by atoms with van der Waals surface area (Å²) >= 11 is 0. The number of ether oxygens (including phenoxy) is 1. The van der Waals surface area contributed by atoms with Crippen molar-refractivity contribution in [3.63, 3.8) is 0 Å². The summed E-state index contributed by atoms with van der Waals surface area (Å²) in [5.41, 5.74) is 1.29. The van der Waals surface area contributed by atoms with E-state index in [4.69, 9.17) is 9.15 Å². The molecule has 0 unspecified atom stereocenters. The second-order valence-electron chi connectivity index (χ2n) is 6.20. The van der Waals surface area contributed by atoms with E-state index in [-0.39, 0.29) is 28.9 Å². The molecular weight excluding hydrogens is 386 g/mol. The van der Waals surface area contributed by atoms with Gasteiger partial charge in [0.05, 0.1) is 11.2 Å². The largest absolute Gasteiger partial charge is 0.459 e. The minimum Gasteiger partial charge on any atom is -0.459 e. The monoisotopic (exact) mass is 401 g/mol. The molecule has 148 valence electrons. The Bertz CT molecular complexity index is 1170. The lowest BCUT2D eigenvalue weighted by Crippen LogP contribution is -2.10. The van der Waals surface area contributed by atoms with Gasteiger partial charge in [0.25, 0.3) is 11.6 Å². The van der Waals surface area contributed by atoms with E-state index >= 15 is 0 Å². The predicted octanol–water partition coefficient (Wildman–Crippen LogP) is 5.29. The molecule has 2 aromatic carbocycles. The van der Waals surface area contributed by atoms with E-state index in [1.165, 1.54) is 18.4 Å².